The Morgan fingerprint density at radius 2 is 1.97 bits per heavy atom. The number of rotatable bonds is 7. The van der Waals surface area contributed by atoms with E-state index in [-0.39, 0.29) is 28.9 Å². The molecule has 192 valence electrons. The number of halogens is 2. The van der Waals surface area contributed by atoms with E-state index in [2.05, 4.69) is 34.0 Å². The summed E-state index contributed by atoms with van der Waals surface area (Å²) < 4.78 is 34.6. The maximum Gasteiger partial charge on any atom is 0.216 e. The number of alkyl halides is 1. The van der Waals surface area contributed by atoms with Gasteiger partial charge < -0.3 is 14.7 Å². The Morgan fingerprint density at radius 3 is 2.64 bits per heavy atom. The van der Waals surface area contributed by atoms with Crippen molar-refractivity contribution >= 4 is 5.82 Å². The predicted octanol–water partition coefficient (Wildman–Crippen LogP) is 5.98. The molecule has 1 saturated carbocycles. The third kappa shape index (κ3) is 5.24. The third-order valence-electron chi connectivity index (χ3n) is 7.28. The third-order valence-corrected chi connectivity index (χ3v) is 7.28. The summed E-state index contributed by atoms with van der Waals surface area (Å²) in [7, 11) is 3.25. The average molecular weight is 498 g/mol. The SMILES string of the molecule is CCC[C@]1(C)CCCC[C@H](N(C)c2cnc(-c3ccc(-c4cc(F)nc(OC)c4)cc3O)nn2)[C@@H]1F. The first-order valence-corrected chi connectivity index (χ1v) is 12.4. The molecular formula is C27H33F2N5O2. The molecule has 0 radical (unpaired) electrons. The van der Waals surface area contributed by atoms with Crippen LogP contribution in [0.25, 0.3) is 22.5 Å². The number of hydrogen-bond donors (Lipinski definition) is 1. The molecule has 0 unspecified atom stereocenters. The summed E-state index contributed by atoms with van der Waals surface area (Å²) in [5.41, 5.74) is 1.13. The lowest BCUT2D eigenvalue weighted by molar-refractivity contribution is 0.0868. The van der Waals surface area contributed by atoms with E-state index >= 15 is 4.39 Å². The van der Waals surface area contributed by atoms with Crippen LogP contribution >= 0.6 is 0 Å². The van der Waals surface area contributed by atoms with Crippen LogP contribution in [0.5, 0.6) is 11.6 Å². The zero-order valence-corrected chi connectivity index (χ0v) is 21.2. The van der Waals surface area contributed by atoms with E-state index in [1.165, 1.54) is 19.2 Å². The van der Waals surface area contributed by atoms with Crippen LogP contribution in [0.3, 0.4) is 0 Å². The molecule has 0 bridgehead atoms. The largest absolute Gasteiger partial charge is 0.507 e. The van der Waals surface area contributed by atoms with Crippen LogP contribution in [0.15, 0.2) is 36.5 Å². The van der Waals surface area contributed by atoms with Gasteiger partial charge in [0.15, 0.2) is 11.6 Å². The monoisotopic (exact) mass is 497 g/mol. The number of anilines is 1. The maximum atomic E-state index is 15.7. The molecule has 3 atom stereocenters. The smallest absolute Gasteiger partial charge is 0.216 e. The van der Waals surface area contributed by atoms with Gasteiger partial charge in [-0.05, 0) is 42.5 Å². The number of pyridine rings is 1. The van der Waals surface area contributed by atoms with Gasteiger partial charge in [-0.15, -0.1) is 10.2 Å². The minimum atomic E-state index is -0.973. The van der Waals surface area contributed by atoms with Crippen molar-refractivity contribution < 1.29 is 18.6 Å². The lowest BCUT2D eigenvalue weighted by Gasteiger charge is -2.39. The second kappa shape index (κ2) is 10.7. The van der Waals surface area contributed by atoms with Crippen molar-refractivity contribution in [2.75, 3.05) is 19.1 Å². The molecule has 3 aromatic rings. The number of nitrogens with zero attached hydrogens (tertiary/aromatic N) is 5. The van der Waals surface area contributed by atoms with Crippen LogP contribution in [0.2, 0.25) is 0 Å². The number of phenolic OH excluding ortho intramolecular Hbond substituents is 1. The Hall–Kier alpha value is -3.36. The number of benzene rings is 1. The van der Waals surface area contributed by atoms with Gasteiger partial charge in [-0.3, -0.25) is 0 Å². The van der Waals surface area contributed by atoms with E-state index in [1.807, 2.05) is 11.9 Å². The Labute approximate surface area is 210 Å². The summed E-state index contributed by atoms with van der Waals surface area (Å²) in [5, 5.41) is 19.2. The average Bonchev–Trinajstić information content (AvgIpc) is 3.01. The maximum absolute atomic E-state index is 15.7. The molecule has 1 aliphatic carbocycles. The highest BCUT2D eigenvalue weighted by molar-refractivity contribution is 5.73. The van der Waals surface area contributed by atoms with E-state index in [0.717, 1.165) is 38.5 Å². The van der Waals surface area contributed by atoms with Gasteiger partial charge in [0.2, 0.25) is 11.8 Å². The number of aromatic hydroxyl groups is 1. The van der Waals surface area contributed by atoms with Gasteiger partial charge in [0.25, 0.3) is 0 Å². The van der Waals surface area contributed by atoms with Crippen molar-refractivity contribution in [1.29, 1.82) is 0 Å². The van der Waals surface area contributed by atoms with Crippen molar-refractivity contribution in [2.24, 2.45) is 5.41 Å². The van der Waals surface area contributed by atoms with Crippen LogP contribution in [0.4, 0.5) is 14.6 Å². The molecule has 4 rings (SSSR count). The van der Waals surface area contributed by atoms with Crippen LogP contribution in [0.1, 0.15) is 52.4 Å². The molecule has 1 fully saturated rings. The minimum Gasteiger partial charge on any atom is -0.507 e. The summed E-state index contributed by atoms with van der Waals surface area (Å²) in [4.78, 5) is 9.89. The van der Waals surface area contributed by atoms with Crippen LogP contribution < -0.4 is 9.64 Å². The van der Waals surface area contributed by atoms with Gasteiger partial charge in [0.05, 0.1) is 24.9 Å². The fourth-order valence-electron chi connectivity index (χ4n) is 5.22. The number of phenols is 1. The predicted molar refractivity (Wildman–Crippen MR) is 135 cm³/mol. The second-order valence-corrected chi connectivity index (χ2v) is 9.82. The first-order valence-electron chi connectivity index (χ1n) is 12.4. The van der Waals surface area contributed by atoms with Crippen molar-refractivity contribution in [3.8, 4) is 34.1 Å². The zero-order valence-electron chi connectivity index (χ0n) is 21.2. The first kappa shape index (κ1) is 25.7. The summed E-state index contributed by atoms with van der Waals surface area (Å²) in [5.74, 6) is 0.111. The molecule has 0 saturated heterocycles. The highest BCUT2D eigenvalue weighted by atomic mass is 19.1. The van der Waals surface area contributed by atoms with Crippen molar-refractivity contribution in [1.82, 2.24) is 20.2 Å². The molecule has 36 heavy (non-hydrogen) atoms. The molecular weight excluding hydrogens is 464 g/mol. The lowest BCUT2D eigenvalue weighted by Crippen LogP contribution is -2.46. The summed E-state index contributed by atoms with van der Waals surface area (Å²) in [6, 6.07) is 7.42. The van der Waals surface area contributed by atoms with Crippen molar-refractivity contribution in [3.63, 3.8) is 0 Å². The zero-order chi connectivity index (χ0) is 25.9. The summed E-state index contributed by atoms with van der Waals surface area (Å²) >= 11 is 0. The highest BCUT2D eigenvalue weighted by Crippen LogP contribution is 2.42. The van der Waals surface area contributed by atoms with Gasteiger partial charge in [-0.1, -0.05) is 39.2 Å². The van der Waals surface area contributed by atoms with Gasteiger partial charge in [0, 0.05) is 24.6 Å². The van der Waals surface area contributed by atoms with E-state index in [9.17, 15) is 9.50 Å². The molecule has 0 amide bonds. The second-order valence-electron chi connectivity index (χ2n) is 9.82. The molecule has 1 N–H and O–H groups in total. The van der Waals surface area contributed by atoms with Crippen LogP contribution in [0, 0.1) is 11.4 Å². The fourth-order valence-corrected chi connectivity index (χ4v) is 5.22. The number of methoxy groups -OCH3 is 1. The van der Waals surface area contributed by atoms with E-state index in [1.54, 1.807) is 24.4 Å². The van der Waals surface area contributed by atoms with E-state index in [0.29, 0.717) is 22.5 Å². The summed E-state index contributed by atoms with van der Waals surface area (Å²) in [6.45, 7) is 4.16. The molecule has 9 heteroatoms. The van der Waals surface area contributed by atoms with Gasteiger partial charge >= 0.3 is 0 Å². The molecule has 1 aromatic carbocycles. The summed E-state index contributed by atoms with van der Waals surface area (Å²) in [6.07, 6.45) is 6.05. The normalized spacial score (nSPS) is 22.2. The standard InChI is InChI=1S/C27H33F2N5O2/c1-5-11-27(2)12-7-6-8-20(25(27)29)34(3)23-16-30-26(33-32-23)19-10-9-17(13-21(19)35)18-14-22(28)31-24(15-18)36-4/h9-10,13-16,20,25,35H,5-8,11-12H2,1-4H3/t20-,25-,27+/m0/s1. The van der Waals surface area contributed by atoms with Crippen LogP contribution in [-0.2, 0) is 0 Å². The van der Waals surface area contributed by atoms with Crippen molar-refractivity contribution in [3.05, 3.63) is 42.5 Å². The number of aromatic nitrogens is 4. The van der Waals surface area contributed by atoms with Gasteiger partial charge in [0.1, 0.15) is 11.9 Å². The van der Waals surface area contributed by atoms with E-state index < -0.39 is 12.1 Å². The molecule has 0 spiro atoms. The number of hydrogen-bond acceptors (Lipinski definition) is 7. The van der Waals surface area contributed by atoms with Crippen LogP contribution in [-0.4, -0.2) is 51.6 Å². The quantitative estimate of drug-likeness (QED) is 0.318. The Morgan fingerprint density at radius 1 is 1.17 bits per heavy atom. The highest BCUT2D eigenvalue weighted by Gasteiger charge is 2.42. The Bertz CT molecular complexity index is 1190. The van der Waals surface area contributed by atoms with Crippen molar-refractivity contribution in [2.45, 2.75) is 64.6 Å². The molecule has 2 aromatic heterocycles. The lowest BCUT2D eigenvalue weighted by atomic mass is 9.76. The topological polar surface area (TPSA) is 84.3 Å². The Kier molecular flexibility index (Phi) is 7.66. The minimum absolute atomic E-state index is 0.0745. The Balaban J connectivity index is 1.55. The molecule has 1 aliphatic rings. The molecule has 7 nitrogen and oxygen atoms in total. The van der Waals surface area contributed by atoms with Gasteiger partial charge in [-0.25, -0.2) is 9.37 Å². The number of ether oxygens (including phenoxy) is 1. The van der Waals surface area contributed by atoms with E-state index in [4.69, 9.17) is 4.74 Å². The molecule has 2 heterocycles. The molecule has 0 aliphatic heterocycles. The first-order chi connectivity index (χ1) is 17.3. The van der Waals surface area contributed by atoms with Gasteiger partial charge in [-0.2, -0.15) is 9.37 Å². The fraction of sp³-hybridized carbons (Fsp3) is 0.481.